The van der Waals surface area contributed by atoms with Crippen LogP contribution in [-0.2, 0) is 14.8 Å². The molecule has 1 fully saturated rings. The van der Waals surface area contributed by atoms with E-state index in [4.69, 9.17) is 9.16 Å². The van der Waals surface area contributed by atoms with Crippen molar-refractivity contribution in [3.8, 4) is 10.6 Å². The van der Waals surface area contributed by atoms with Crippen LogP contribution in [0.5, 0.6) is 0 Å². The molecule has 3 rings (SSSR count). The van der Waals surface area contributed by atoms with E-state index in [1.54, 1.807) is 18.4 Å². The highest BCUT2D eigenvalue weighted by atomic mass is 32.1. The van der Waals surface area contributed by atoms with Crippen LogP contribution in [0.25, 0.3) is 10.6 Å². The summed E-state index contributed by atoms with van der Waals surface area (Å²) in [5.74, 6) is 0. The topological polar surface area (TPSA) is 76.6 Å². The molecule has 9 heteroatoms. The summed E-state index contributed by atoms with van der Waals surface area (Å²) in [5.41, 5.74) is 0.674. The molecule has 1 amide bonds. The van der Waals surface area contributed by atoms with E-state index in [1.807, 2.05) is 19.1 Å². The Morgan fingerprint density at radius 2 is 1.89 bits per heavy atom. The maximum Gasteiger partial charge on any atom is 0.407 e. The maximum atomic E-state index is 12.8. The zero-order chi connectivity index (χ0) is 26.9. The van der Waals surface area contributed by atoms with Crippen LogP contribution in [0.2, 0.25) is 18.1 Å². The number of amides is 1. The number of aryl methyl sites for hydroxylation is 1. The quantitative estimate of drug-likeness (QED) is 0.428. The highest BCUT2D eigenvalue weighted by molar-refractivity contribution is 7.14. The predicted octanol–water partition coefficient (Wildman–Crippen LogP) is 6.21. The molecule has 1 unspecified atom stereocenters. The van der Waals surface area contributed by atoms with Crippen molar-refractivity contribution in [3.63, 3.8) is 0 Å². The van der Waals surface area contributed by atoms with Crippen LogP contribution in [0.15, 0.2) is 24.3 Å². The smallest absolute Gasteiger partial charge is 0.407 e. The zero-order valence-corrected chi connectivity index (χ0v) is 25.5. The largest absolute Gasteiger partial charge is 0.436 e. The Balaban J connectivity index is 1.96. The van der Waals surface area contributed by atoms with Gasteiger partial charge >= 0.3 is 6.09 Å². The summed E-state index contributed by atoms with van der Waals surface area (Å²) >= 11 is 1.56. The zero-order valence-electron chi connectivity index (χ0n) is 23.7. The van der Waals surface area contributed by atoms with Crippen molar-refractivity contribution in [2.24, 2.45) is 5.41 Å². The van der Waals surface area contributed by atoms with E-state index in [-0.39, 0.29) is 16.6 Å². The van der Waals surface area contributed by atoms with Gasteiger partial charge < -0.3 is 14.5 Å². The summed E-state index contributed by atoms with van der Waals surface area (Å²) in [5, 5.41) is 13.2. The third-order valence-corrected chi connectivity index (χ3v) is 13.2. The summed E-state index contributed by atoms with van der Waals surface area (Å²) in [6.07, 6.45) is 0.742. The van der Waals surface area contributed by atoms with E-state index in [0.717, 1.165) is 40.7 Å². The molecule has 1 saturated heterocycles. The first-order chi connectivity index (χ1) is 16.6. The molecule has 7 nitrogen and oxygen atoms in total. The fraction of sp³-hybridized carbons (Fsp3) is 0.667. The number of likely N-dealkylation sites (tertiary alicyclic amines) is 1. The highest BCUT2D eigenvalue weighted by Crippen LogP contribution is 2.46. The second-order valence-corrected chi connectivity index (χ2v) is 18.4. The molecule has 0 bridgehead atoms. The fourth-order valence-corrected chi connectivity index (χ4v) is 6.54. The van der Waals surface area contributed by atoms with Crippen molar-refractivity contribution in [3.05, 3.63) is 34.8 Å². The second kappa shape index (κ2) is 10.5. The Labute approximate surface area is 222 Å². The van der Waals surface area contributed by atoms with E-state index < -0.39 is 20.0 Å². The molecule has 0 aliphatic carbocycles. The lowest BCUT2D eigenvalue weighted by Crippen LogP contribution is -2.53. The van der Waals surface area contributed by atoms with Crippen molar-refractivity contribution in [2.75, 3.05) is 26.7 Å². The third kappa shape index (κ3) is 6.18. The maximum absolute atomic E-state index is 12.8. The number of hydrogen-bond acceptors (Lipinski definition) is 7. The normalized spacial score (nSPS) is 19.2. The number of hydrogen-bond donors (Lipinski definition) is 1. The Morgan fingerprint density at radius 3 is 2.44 bits per heavy atom. The van der Waals surface area contributed by atoms with Crippen molar-refractivity contribution in [1.29, 1.82) is 0 Å². The van der Waals surface area contributed by atoms with Crippen molar-refractivity contribution in [1.82, 2.24) is 20.4 Å². The lowest BCUT2D eigenvalue weighted by molar-refractivity contribution is -0.0916. The van der Waals surface area contributed by atoms with Gasteiger partial charge in [-0.25, -0.2) is 4.79 Å². The summed E-state index contributed by atoms with van der Waals surface area (Å²) in [7, 11) is -0.261. The summed E-state index contributed by atoms with van der Waals surface area (Å²) in [6, 6.07) is 8.22. The number of aromatic nitrogens is 2. The summed E-state index contributed by atoms with van der Waals surface area (Å²) in [6.45, 7) is 22.1. The first-order valence-corrected chi connectivity index (χ1v) is 16.5. The van der Waals surface area contributed by atoms with Gasteiger partial charge in [0, 0.05) is 37.7 Å². The molecule has 2 aromatic rings. The van der Waals surface area contributed by atoms with Gasteiger partial charge in [-0.2, -0.15) is 0 Å². The van der Waals surface area contributed by atoms with E-state index in [0.29, 0.717) is 6.54 Å². The minimum atomic E-state index is -1.87. The van der Waals surface area contributed by atoms with Crippen LogP contribution >= 0.6 is 11.3 Å². The molecule has 0 spiro atoms. The summed E-state index contributed by atoms with van der Waals surface area (Å²) in [4.78, 5) is 15.1. The number of carbonyl (C=O) groups excluding carboxylic acids is 1. The molecule has 1 aromatic heterocycles. The van der Waals surface area contributed by atoms with Gasteiger partial charge in [0.2, 0.25) is 0 Å². The lowest BCUT2D eigenvalue weighted by atomic mass is 9.71. The monoisotopic (exact) mass is 532 g/mol. The SMILES string of the molecule is CNC(=O)OC(CN1CC[C@H](O[Si](C)(C)C(C)(C)C)C1)(c1cccc(-c2nnc(C)s2)c1)C(C)(C)C. The van der Waals surface area contributed by atoms with Crippen molar-refractivity contribution < 1.29 is 14.0 Å². The molecule has 1 aliphatic rings. The van der Waals surface area contributed by atoms with Crippen LogP contribution in [-0.4, -0.2) is 62.3 Å². The van der Waals surface area contributed by atoms with Gasteiger partial charge in [-0.05, 0) is 43.1 Å². The van der Waals surface area contributed by atoms with E-state index in [9.17, 15) is 4.79 Å². The number of ether oxygens (including phenoxy) is 1. The van der Waals surface area contributed by atoms with Gasteiger partial charge in [0.1, 0.15) is 10.0 Å². The van der Waals surface area contributed by atoms with E-state index >= 15 is 0 Å². The number of carbonyl (C=O) groups is 1. The lowest BCUT2D eigenvalue weighted by Gasteiger charge is -2.46. The third-order valence-electron chi connectivity index (χ3n) is 7.73. The molecule has 200 valence electrons. The molecule has 1 N–H and O–H groups in total. The number of alkyl carbamates (subject to hydrolysis) is 1. The molecular weight excluding hydrogens is 488 g/mol. The van der Waals surface area contributed by atoms with Gasteiger partial charge in [-0.15, -0.1) is 10.2 Å². The number of nitrogens with zero attached hydrogens (tertiary/aromatic N) is 3. The first kappa shape index (κ1) is 28.8. The van der Waals surface area contributed by atoms with Crippen LogP contribution in [0.1, 0.15) is 58.5 Å². The number of nitrogens with one attached hydrogen (secondary N) is 1. The van der Waals surface area contributed by atoms with Crippen molar-refractivity contribution >= 4 is 25.7 Å². The van der Waals surface area contributed by atoms with Crippen molar-refractivity contribution in [2.45, 2.75) is 84.7 Å². The van der Waals surface area contributed by atoms with Gasteiger partial charge in [0.05, 0.1) is 6.10 Å². The van der Waals surface area contributed by atoms with Gasteiger partial charge in [-0.1, -0.05) is 71.1 Å². The molecule has 0 radical (unpaired) electrons. The predicted molar refractivity (Wildman–Crippen MR) is 150 cm³/mol. The van der Waals surface area contributed by atoms with Crippen LogP contribution in [0.4, 0.5) is 4.79 Å². The van der Waals surface area contributed by atoms with Gasteiger partial charge in [-0.3, -0.25) is 4.90 Å². The van der Waals surface area contributed by atoms with Crippen LogP contribution < -0.4 is 5.32 Å². The Morgan fingerprint density at radius 1 is 1.19 bits per heavy atom. The highest BCUT2D eigenvalue weighted by Gasteiger charge is 2.50. The fourth-order valence-electron chi connectivity index (χ4n) is 4.48. The molecule has 2 atom stereocenters. The standard InChI is InChI=1S/C27H44N4O3SSi/c1-19-29-30-23(35-19)20-12-11-13-21(16-20)27(25(2,3)4,33-24(32)28-8)18-31-15-14-22(17-31)34-36(9,10)26(5,6)7/h11-13,16,22H,14-15,17-18H2,1-10H3,(H,28,32)/t22-,27?/m0/s1. The minimum absolute atomic E-state index is 0.168. The average Bonchev–Trinajstić information content (AvgIpc) is 3.39. The Hall–Kier alpha value is -1.81. The minimum Gasteiger partial charge on any atom is -0.436 e. The van der Waals surface area contributed by atoms with Gasteiger partial charge in [0.15, 0.2) is 13.9 Å². The summed E-state index contributed by atoms with van der Waals surface area (Å²) < 4.78 is 13.1. The Kier molecular flexibility index (Phi) is 8.40. The Bertz CT molecular complexity index is 1060. The molecule has 2 heterocycles. The first-order valence-electron chi connectivity index (χ1n) is 12.8. The second-order valence-electron chi connectivity index (χ2n) is 12.4. The number of rotatable bonds is 7. The van der Waals surface area contributed by atoms with Crippen LogP contribution in [0.3, 0.4) is 0 Å². The van der Waals surface area contributed by atoms with Gasteiger partial charge in [0.25, 0.3) is 0 Å². The molecule has 1 aliphatic heterocycles. The van der Waals surface area contributed by atoms with E-state index in [1.165, 1.54) is 0 Å². The molecule has 0 saturated carbocycles. The molecule has 1 aromatic carbocycles. The van der Waals surface area contributed by atoms with E-state index in [2.05, 4.69) is 87.2 Å². The molecular formula is C27H44N4O3SSi. The molecule has 36 heavy (non-hydrogen) atoms. The number of benzene rings is 1. The average molecular weight is 533 g/mol. The van der Waals surface area contributed by atoms with Crippen LogP contribution in [0, 0.1) is 12.3 Å².